The second kappa shape index (κ2) is 29.8. The number of benzene rings is 1. The second-order valence-electron chi connectivity index (χ2n) is 12.6. The summed E-state index contributed by atoms with van der Waals surface area (Å²) in [5.41, 5.74) is 2.54. The van der Waals surface area contributed by atoms with Gasteiger partial charge in [-0.3, -0.25) is 0 Å². The van der Waals surface area contributed by atoms with E-state index in [1.807, 2.05) is 17.8 Å². The van der Waals surface area contributed by atoms with E-state index in [4.69, 9.17) is 0 Å². The third kappa shape index (κ3) is 24.0. The largest absolute Gasteiger partial charge is 0.508 e. The van der Waals surface area contributed by atoms with Gasteiger partial charge in [0.1, 0.15) is 5.75 Å². The van der Waals surface area contributed by atoms with Crippen molar-refractivity contribution in [1.29, 1.82) is 0 Å². The minimum Gasteiger partial charge on any atom is -0.508 e. The van der Waals surface area contributed by atoms with Crippen LogP contribution < -0.4 is 0 Å². The van der Waals surface area contributed by atoms with Crippen molar-refractivity contribution in [3.8, 4) is 5.75 Å². The fourth-order valence-electron chi connectivity index (χ4n) is 5.84. The maximum atomic E-state index is 10.3. The molecule has 0 saturated heterocycles. The fourth-order valence-corrected chi connectivity index (χ4v) is 6.84. The van der Waals surface area contributed by atoms with Crippen LogP contribution in [-0.4, -0.2) is 10.9 Å². The van der Waals surface area contributed by atoms with Gasteiger partial charge in [0.25, 0.3) is 0 Å². The van der Waals surface area contributed by atoms with E-state index in [-0.39, 0.29) is 0 Å². The van der Waals surface area contributed by atoms with Crippen LogP contribution in [0.1, 0.15) is 198 Å². The van der Waals surface area contributed by atoms with Gasteiger partial charge >= 0.3 is 0 Å². The van der Waals surface area contributed by atoms with E-state index in [0.717, 1.165) is 17.7 Å². The number of unbranched alkanes of at least 4 members (excludes halogenated alkanes) is 25. The van der Waals surface area contributed by atoms with E-state index in [2.05, 4.69) is 26.0 Å². The highest BCUT2D eigenvalue weighted by Gasteiger charge is 2.04. The maximum absolute atomic E-state index is 10.3. The monoisotopic (exact) mass is 575 g/mol. The van der Waals surface area contributed by atoms with Crippen LogP contribution in [0, 0.1) is 0 Å². The van der Waals surface area contributed by atoms with Gasteiger partial charge in [0.2, 0.25) is 0 Å². The van der Waals surface area contributed by atoms with Gasteiger partial charge in [0.15, 0.2) is 0 Å². The first kappa shape index (κ1) is 37.4. The van der Waals surface area contributed by atoms with Crippen LogP contribution in [0.3, 0.4) is 0 Å². The summed E-state index contributed by atoms with van der Waals surface area (Å²) in [6.07, 6.45) is 39.5. The van der Waals surface area contributed by atoms with Crippen LogP contribution in [0.2, 0.25) is 0 Å². The van der Waals surface area contributed by atoms with Crippen LogP contribution in [0.15, 0.2) is 18.2 Å². The van der Waals surface area contributed by atoms with E-state index < -0.39 is 0 Å². The number of phenolic OH excluding ortho intramolecular Hbond substituents is 1. The standard InChI is InChI=1S/C38H70OS/c1-3-5-7-9-11-12-13-14-15-16-17-18-19-20-21-22-23-25-27-29-33-40-35-37-34-36(31-32-38(37)39)30-28-26-24-10-8-6-4-2/h31-32,34,39H,3-30,33,35H2,1-2H3. The summed E-state index contributed by atoms with van der Waals surface area (Å²) in [4.78, 5) is 0. The molecule has 0 atom stereocenters. The van der Waals surface area contributed by atoms with Gasteiger partial charge in [-0.05, 0) is 36.6 Å². The summed E-state index contributed by atoms with van der Waals surface area (Å²) >= 11 is 2.00. The van der Waals surface area contributed by atoms with Gasteiger partial charge in [-0.15, -0.1) is 0 Å². The summed E-state index contributed by atoms with van der Waals surface area (Å²) in [7, 11) is 0. The predicted octanol–water partition coefficient (Wildman–Crippen LogP) is 13.7. The molecule has 0 amide bonds. The molecule has 2 heteroatoms. The molecule has 0 unspecified atom stereocenters. The van der Waals surface area contributed by atoms with E-state index in [9.17, 15) is 5.11 Å². The van der Waals surface area contributed by atoms with Gasteiger partial charge in [0, 0.05) is 11.3 Å². The number of hydrogen-bond acceptors (Lipinski definition) is 2. The van der Waals surface area contributed by atoms with E-state index >= 15 is 0 Å². The summed E-state index contributed by atoms with van der Waals surface area (Å²) in [6.45, 7) is 4.58. The van der Waals surface area contributed by atoms with Crippen molar-refractivity contribution < 1.29 is 5.11 Å². The third-order valence-corrected chi connectivity index (χ3v) is 9.71. The molecular formula is C38H70OS. The molecule has 1 rings (SSSR count). The molecule has 0 fully saturated rings. The molecule has 40 heavy (non-hydrogen) atoms. The summed E-state index contributed by atoms with van der Waals surface area (Å²) < 4.78 is 0. The Labute approximate surface area is 256 Å². The Morgan fingerprint density at radius 2 is 0.850 bits per heavy atom. The van der Waals surface area contributed by atoms with E-state index in [1.165, 1.54) is 185 Å². The topological polar surface area (TPSA) is 20.2 Å². The van der Waals surface area contributed by atoms with Gasteiger partial charge in [-0.2, -0.15) is 11.8 Å². The van der Waals surface area contributed by atoms with Gasteiger partial charge < -0.3 is 5.11 Å². The van der Waals surface area contributed by atoms with Gasteiger partial charge in [-0.25, -0.2) is 0 Å². The molecule has 0 bridgehead atoms. The number of thioether (sulfide) groups is 1. The summed E-state index contributed by atoms with van der Waals surface area (Å²) in [6, 6.07) is 6.31. The molecule has 1 N–H and O–H groups in total. The van der Waals surface area contributed by atoms with Crippen molar-refractivity contribution in [2.24, 2.45) is 0 Å². The minimum absolute atomic E-state index is 0.485. The molecule has 0 spiro atoms. The Morgan fingerprint density at radius 3 is 1.27 bits per heavy atom. The average Bonchev–Trinajstić information content (AvgIpc) is 2.96. The van der Waals surface area contributed by atoms with Gasteiger partial charge in [-0.1, -0.05) is 187 Å². The van der Waals surface area contributed by atoms with Crippen LogP contribution in [0.4, 0.5) is 0 Å². The lowest BCUT2D eigenvalue weighted by molar-refractivity contribution is 0.470. The quantitative estimate of drug-likeness (QED) is 0.0890. The predicted molar refractivity (Wildman–Crippen MR) is 184 cm³/mol. The molecule has 0 radical (unpaired) electrons. The molecule has 234 valence electrons. The molecule has 1 aromatic rings. The van der Waals surface area contributed by atoms with Crippen molar-refractivity contribution in [3.63, 3.8) is 0 Å². The molecule has 0 aliphatic rings. The lowest BCUT2D eigenvalue weighted by Crippen LogP contribution is -1.91. The summed E-state index contributed by atoms with van der Waals surface area (Å²) in [5.74, 6) is 2.66. The first-order valence-electron chi connectivity index (χ1n) is 18.2. The van der Waals surface area contributed by atoms with Crippen LogP contribution in [-0.2, 0) is 12.2 Å². The highest BCUT2D eigenvalue weighted by Crippen LogP contribution is 2.25. The Kier molecular flexibility index (Phi) is 27.9. The van der Waals surface area contributed by atoms with Crippen molar-refractivity contribution in [3.05, 3.63) is 29.3 Å². The molecule has 1 aromatic carbocycles. The zero-order chi connectivity index (χ0) is 28.8. The lowest BCUT2D eigenvalue weighted by Gasteiger charge is -2.08. The fraction of sp³-hybridized carbons (Fsp3) is 0.842. The molecular weight excluding hydrogens is 504 g/mol. The molecule has 0 saturated carbocycles. The number of aryl methyl sites for hydroxylation is 1. The Balaban J connectivity index is 1.85. The molecule has 1 nitrogen and oxygen atoms in total. The average molecular weight is 575 g/mol. The molecule has 0 aliphatic heterocycles. The highest BCUT2D eigenvalue weighted by molar-refractivity contribution is 7.98. The first-order chi connectivity index (χ1) is 19.8. The number of aromatic hydroxyl groups is 1. The maximum Gasteiger partial charge on any atom is 0.119 e. The van der Waals surface area contributed by atoms with E-state index in [0.29, 0.717) is 5.75 Å². The third-order valence-electron chi connectivity index (χ3n) is 8.61. The second-order valence-corrected chi connectivity index (χ2v) is 13.7. The van der Waals surface area contributed by atoms with Crippen molar-refractivity contribution >= 4 is 11.8 Å². The van der Waals surface area contributed by atoms with Crippen LogP contribution in [0.5, 0.6) is 5.75 Å². The zero-order valence-electron chi connectivity index (χ0n) is 27.3. The highest BCUT2D eigenvalue weighted by atomic mass is 32.2. The van der Waals surface area contributed by atoms with Crippen LogP contribution in [0.25, 0.3) is 0 Å². The Hall–Kier alpha value is -0.630. The Bertz CT molecular complexity index is 642. The first-order valence-corrected chi connectivity index (χ1v) is 19.3. The Morgan fingerprint density at radius 1 is 0.475 bits per heavy atom. The molecule has 0 aliphatic carbocycles. The van der Waals surface area contributed by atoms with E-state index in [1.54, 1.807) is 0 Å². The number of rotatable bonds is 31. The number of phenols is 1. The minimum atomic E-state index is 0.485. The van der Waals surface area contributed by atoms with Gasteiger partial charge in [0.05, 0.1) is 0 Å². The van der Waals surface area contributed by atoms with Crippen molar-refractivity contribution in [2.45, 2.75) is 199 Å². The lowest BCUT2D eigenvalue weighted by atomic mass is 10.0. The van der Waals surface area contributed by atoms with Crippen molar-refractivity contribution in [1.82, 2.24) is 0 Å². The SMILES string of the molecule is CCCCCCCCCCCCCCCCCCCCCCSCc1cc(CCCCCCCCC)ccc1O. The molecule has 0 heterocycles. The number of hydrogen-bond donors (Lipinski definition) is 1. The molecule has 0 aromatic heterocycles. The zero-order valence-corrected chi connectivity index (χ0v) is 28.1. The van der Waals surface area contributed by atoms with Crippen molar-refractivity contribution in [2.75, 3.05) is 5.75 Å². The van der Waals surface area contributed by atoms with Crippen LogP contribution >= 0.6 is 11.8 Å². The summed E-state index contributed by atoms with van der Waals surface area (Å²) in [5, 5.41) is 10.3. The smallest absolute Gasteiger partial charge is 0.119 e. The normalized spacial score (nSPS) is 11.4.